The van der Waals surface area contributed by atoms with Gasteiger partial charge in [0.1, 0.15) is 0 Å². The molecular formula is C48H62N8. The highest BCUT2D eigenvalue weighted by molar-refractivity contribution is 5.45. The van der Waals surface area contributed by atoms with Gasteiger partial charge in [-0.1, -0.05) is 90.5 Å². The Kier molecular flexibility index (Phi) is 15.2. The van der Waals surface area contributed by atoms with Crippen LogP contribution in [0.15, 0.2) is 109 Å². The molecule has 5 aromatic rings. The number of nitrogens with one attached hydrogen (secondary N) is 4. The molecule has 0 aliphatic carbocycles. The van der Waals surface area contributed by atoms with Crippen LogP contribution in [0.4, 0.5) is 0 Å². The molecular weight excluding hydrogens is 689 g/mol. The van der Waals surface area contributed by atoms with Gasteiger partial charge in [-0.05, 0) is 137 Å². The quantitative estimate of drug-likeness (QED) is 0.134. The lowest BCUT2D eigenvalue weighted by atomic mass is 9.84. The van der Waals surface area contributed by atoms with E-state index in [0.717, 1.165) is 140 Å². The van der Waals surface area contributed by atoms with E-state index in [1.807, 2.05) is 0 Å². The van der Waals surface area contributed by atoms with Gasteiger partial charge >= 0.3 is 0 Å². The van der Waals surface area contributed by atoms with Crippen molar-refractivity contribution in [3.8, 4) is 0 Å². The van der Waals surface area contributed by atoms with Gasteiger partial charge in [0.25, 0.3) is 0 Å². The van der Waals surface area contributed by atoms with E-state index in [1.54, 1.807) is 0 Å². The number of hydrogen-bond acceptors (Lipinski definition) is 8. The smallest absolute Gasteiger partial charge is 0.0545 e. The molecule has 8 heteroatoms. The van der Waals surface area contributed by atoms with Crippen LogP contribution in [-0.2, 0) is 39.3 Å². The topological polar surface area (TPSA) is 80.4 Å². The summed E-state index contributed by atoms with van der Waals surface area (Å²) < 4.78 is 0. The first-order valence-electron chi connectivity index (χ1n) is 21.1. The zero-order chi connectivity index (χ0) is 38.2. The van der Waals surface area contributed by atoms with Gasteiger partial charge in [0.15, 0.2) is 0 Å². The second-order valence-electron chi connectivity index (χ2n) is 15.7. The summed E-state index contributed by atoms with van der Waals surface area (Å²) in [6.07, 6.45) is 4.48. The van der Waals surface area contributed by atoms with Crippen LogP contribution in [0.3, 0.4) is 0 Å². The maximum atomic E-state index is 4.80. The number of nitrogens with zero attached hydrogens (tertiary/aromatic N) is 4. The third-order valence-corrected chi connectivity index (χ3v) is 11.1. The Morgan fingerprint density at radius 2 is 0.768 bits per heavy atom. The molecule has 4 heterocycles. The van der Waals surface area contributed by atoms with E-state index in [1.165, 1.54) is 33.4 Å². The van der Waals surface area contributed by atoms with Gasteiger partial charge in [-0.2, -0.15) is 0 Å². The lowest BCUT2D eigenvalue weighted by Gasteiger charge is -2.25. The van der Waals surface area contributed by atoms with Crippen LogP contribution in [0.5, 0.6) is 0 Å². The lowest BCUT2D eigenvalue weighted by Crippen LogP contribution is -2.30. The Labute approximate surface area is 335 Å². The van der Waals surface area contributed by atoms with E-state index in [9.17, 15) is 0 Å². The van der Waals surface area contributed by atoms with Crippen molar-refractivity contribution < 1.29 is 0 Å². The number of aromatic nitrogens is 2. The highest BCUT2D eigenvalue weighted by atomic mass is 15.1. The zero-order valence-corrected chi connectivity index (χ0v) is 33.5. The minimum atomic E-state index is 0.181. The second-order valence-corrected chi connectivity index (χ2v) is 15.7. The Hall–Kier alpha value is -4.28. The largest absolute Gasteiger partial charge is 0.311 e. The normalized spacial score (nSPS) is 17.5. The van der Waals surface area contributed by atoms with Crippen LogP contribution in [0.1, 0.15) is 87.8 Å². The van der Waals surface area contributed by atoms with Gasteiger partial charge < -0.3 is 21.3 Å². The number of benzene rings is 3. The molecule has 0 saturated carbocycles. The van der Waals surface area contributed by atoms with E-state index in [-0.39, 0.29) is 5.92 Å². The average Bonchev–Trinajstić information content (AvgIpc) is 3.22. The van der Waals surface area contributed by atoms with Gasteiger partial charge in [0, 0.05) is 45.2 Å². The molecule has 0 fully saturated rings. The molecule has 0 spiro atoms. The third kappa shape index (κ3) is 12.4. The molecule has 4 bridgehead atoms. The minimum Gasteiger partial charge on any atom is -0.311 e. The molecule has 0 saturated heterocycles. The minimum absolute atomic E-state index is 0.181. The van der Waals surface area contributed by atoms with Crippen LogP contribution >= 0.6 is 0 Å². The first kappa shape index (κ1) is 39.9. The summed E-state index contributed by atoms with van der Waals surface area (Å²) in [5.41, 5.74) is 12.5. The van der Waals surface area contributed by atoms with Crippen molar-refractivity contribution >= 4 is 0 Å². The number of hydrogen-bond donors (Lipinski definition) is 4. The fourth-order valence-electron chi connectivity index (χ4n) is 8.05. The molecule has 0 atom stereocenters. The molecule has 294 valence electrons. The molecule has 4 N–H and O–H groups in total. The fraction of sp³-hybridized carbons (Fsp3) is 0.417. The Balaban J connectivity index is 0.990. The summed E-state index contributed by atoms with van der Waals surface area (Å²) in [6.45, 7) is 15.7. The summed E-state index contributed by atoms with van der Waals surface area (Å²) in [6, 6.07) is 40.8. The molecule has 0 radical (unpaired) electrons. The Morgan fingerprint density at radius 3 is 1.11 bits per heavy atom. The van der Waals surface area contributed by atoms with Gasteiger partial charge in [0.05, 0.1) is 22.8 Å². The van der Waals surface area contributed by atoms with E-state index in [2.05, 4.69) is 147 Å². The highest BCUT2D eigenvalue weighted by Gasteiger charge is 2.18. The third-order valence-electron chi connectivity index (χ3n) is 11.1. The summed E-state index contributed by atoms with van der Waals surface area (Å²) >= 11 is 0. The van der Waals surface area contributed by atoms with Crippen molar-refractivity contribution in [1.82, 2.24) is 41.0 Å². The number of rotatable bonds is 7. The zero-order valence-electron chi connectivity index (χ0n) is 33.5. The number of aryl methyl sites for hydroxylation is 1. The molecule has 7 rings (SSSR count). The first-order chi connectivity index (χ1) is 27.6. The standard InChI is InChI=1S/C48H62N8/c1-38-12-18-41(19-13-38)48(42-20-14-39(15-21-42)36-55-28-4-24-49-32-44-8-2-9-45(53-44)33-50-25-5-29-55)43-22-16-40(17-23-43)37-56-30-6-26-51-34-46-10-3-11-47(54-46)35-52-27-7-31-56/h2-3,8-23,48-52H,4-7,24-37H2,1H3. The lowest BCUT2D eigenvalue weighted by molar-refractivity contribution is 0.256. The molecule has 0 amide bonds. The van der Waals surface area contributed by atoms with Crippen molar-refractivity contribution in [2.75, 3.05) is 52.4 Å². The summed E-state index contributed by atoms with van der Waals surface area (Å²) in [5, 5.41) is 14.4. The van der Waals surface area contributed by atoms with Crippen LogP contribution < -0.4 is 21.3 Å². The molecule has 2 aliphatic heterocycles. The predicted molar refractivity (Wildman–Crippen MR) is 229 cm³/mol. The molecule has 2 aromatic heterocycles. The Bertz CT molecular complexity index is 1720. The highest BCUT2D eigenvalue weighted by Crippen LogP contribution is 2.33. The van der Waals surface area contributed by atoms with Crippen LogP contribution in [0.2, 0.25) is 0 Å². The molecule has 8 nitrogen and oxygen atoms in total. The average molecular weight is 751 g/mol. The van der Waals surface area contributed by atoms with Gasteiger partial charge in [0.2, 0.25) is 0 Å². The Morgan fingerprint density at radius 1 is 0.446 bits per heavy atom. The van der Waals surface area contributed by atoms with E-state index in [4.69, 9.17) is 9.97 Å². The van der Waals surface area contributed by atoms with Crippen molar-refractivity contribution in [2.45, 2.75) is 77.8 Å². The fourth-order valence-corrected chi connectivity index (χ4v) is 8.05. The summed E-state index contributed by atoms with van der Waals surface area (Å²) in [5.74, 6) is 0.181. The molecule has 56 heavy (non-hydrogen) atoms. The van der Waals surface area contributed by atoms with Gasteiger partial charge in [-0.3, -0.25) is 19.8 Å². The van der Waals surface area contributed by atoms with Crippen molar-refractivity contribution in [3.05, 3.63) is 165 Å². The molecule has 2 aliphatic rings. The second kappa shape index (κ2) is 21.3. The van der Waals surface area contributed by atoms with E-state index >= 15 is 0 Å². The van der Waals surface area contributed by atoms with Crippen molar-refractivity contribution in [3.63, 3.8) is 0 Å². The number of fused-ring (bicyclic) bond motifs is 4. The number of pyridine rings is 2. The molecule has 0 unspecified atom stereocenters. The maximum absolute atomic E-state index is 4.80. The summed E-state index contributed by atoms with van der Waals surface area (Å²) in [7, 11) is 0. The van der Waals surface area contributed by atoms with Crippen molar-refractivity contribution in [2.24, 2.45) is 0 Å². The SMILES string of the molecule is Cc1ccc(C(c2ccc(CN3CCCNCc4cccc(n4)CNCCC3)cc2)c2ccc(CN3CCCNCc4cccc(n4)CNCCC3)cc2)cc1. The van der Waals surface area contributed by atoms with Crippen LogP contribution in [0, 0.1) is 6.92 Å². The van der Waals surface area contributed by atoms with E-state index in [0.29, 0.717) is 0 Å². The van der Waals surface area contributed by atoms with Gasteiger partial charge in [-0.25, -0.2) is 0 Å². The predicted octanol–water partition coefficient (Wildman–Crippen LogP) is 6.92. The van der Waals surface area contributed by atoms with Crippen LogP contribution in [-0.4, -0.2) is 72.1 Å². The first-order valence-corrected chi connectivity index (χ1v) is 21.1. The van der Waals surface area contributed by atoms with E-state index < -0.39 is 0 Å². The van der Waals surface area contributed by atoms with Crippen LogP contribution in [0.25, 0.3) is 0 Å². The monoisotopic (exact) mass is 751 g/mol. The maximum Gasteiger partial charge on any atom is 0.0545 e. The molecule has 3 aromatic carbocycles. The summed E-state index contributed by atoms with van der Waals surface area (Å²) in [4.78, 5) is 14.8. The van der Waals surface area contributed by atoms with Gasteiger partial charge in [-0.15, -0.1) is 0 Å². The van der Waals surface area contributed by atoms with Crippen molar-refractivity contribution in [1.29, 1.82) is 0 Å².